The SMILES string of the molecule is C=CC(=O)N1CCN(c2nc(OC[C@@H]3CCCN3C)nc3c2CN(Cc2c(Cl)c(F)cc4[nH]ncc24)C3)C[C@@H]1CC#N. The smallest absolute Gasteiger partial charge is 0.318 e. The lowest BCUT2D eigenvalue weighted by Gasteiger charge is -2.41. The lowest BCUT2D eigenvalue weighted by Crippen LogP contribution is -2.55. The van der Waals surface area contributed by atoms with Crippen LogP contribution in [0.3, 0.4) is 0 Å². The minimum absolute atomic E-state index is 0.0817. The molecule has 2 aromatic heterocycles. The Hall–Kier alpha value is -3.79. The number of likely N-dealkylation sites (N-methyl/N-ethyl adjacent to an activating group) is 1. The number of benzene rings is 1. The molecule has 220 valence electrons. The first kappa shape index (κ1) is 28.3. The number of hydrogen-bond donors (Lipinski definition) is 1. The van der Waals surface area contributed by atoms with Gasteiger partial charge in [-0.25, -0.2) is 4.39 Å². The molecule has 1 amide bonds. The fourth-order valence-corrected chi connectivity index (χ4v) is 6.51. The molecule has 0 aliphatic carbocycles. The highest BCUT2D eigenvalue weighted by molar-refractivity contribution is 6.32. The fourth-order valence-electron chi connectivity index (χ4n) is 6.29. The molecule has 3 aliphatic rings. The van der Waals surface area contributed by atoms with Crippen molar-refractivity contribution in [2.75, 3.05) is 44.7 Å². The quantitative estimate of drug-likeness (QED) is 0.393. The van der Waals surface area contributed by atoms with E-state index >= 15 is 0 Å². The van der Waals surface area contributed by atoms with Crippen LogP contribution in [-0.4, -0.2) is 92.7 Å². The van der Waals surface area contributed by atoms with Gasteiger partial charge in [0.1, 0.15) is 18.2 Å². The van der Waals surface area contributed by atoms with Gasteiger partial charge in [0.05, 0.1) is 41.0 Å². The minimum Gasteiger partial charge on any atom is -0.462 e. The number of rotatable bonds is 8. The van der Waals surface area contributed by atoms with Crippen molar-refractivity contribution in [2.45, 2.75) is 51.0 Å². The number of anilines is 1. The van der Waals surface area contributed by atoms with Crippen LogP contribution in [0.4, 0.5) is 10.2 Å². The maximum absolute atomic E-state index is 14.6. The number of nitrogens with zero attached hydrogens (tertiary/aromatic N) is 8. The Morgan fingerprint density at radius 1 is 1.31 bits per heavy atom. The van der Waals surface area contributed by atoms with Crippen molar-refractivity contribution in [3.8, 4) is 12.1 Å². The predicted molar refractivity (Wildman–Crippen MR) is 155 cm³/mol. The summed E-state index contributed by atoms with van der Waals surface area (Å²) in [6.45, 7) is 8.02. The summed E-state index contributed by atoms with van der Waals surface area (Å²) in [5, 5.41) is 17.2. The number of nitriles is 1. The van der Waals surface area contributed by atoms with Crippen LogP contribution in [0.25, 0.3) is 10.9 Å². The summed E-state index contributed by atoms with van der Waals surface area (Å²) in [6.07, 6.45) is 5.35. The van der Waals surface area contributed by atoms with Gasteiger partial charge in [0.2, 0.25) is 5.91 Å². The number of aromatic nitrogens is 4. The minimum atomic E-state index is -0.497. The Labute approximate surface area is 248 Å². The van der Waals surface area contributed by atoms with Crippen molar-refractivity contribution in [1.82, 2.24) is 34.9 Å². The molecule has 1 N–H and O–H groups in total. The highest BCUT2D eigenvalue weighted by Gasteiger charge is 2.35. The molecule has 0 radical (unpaired) electrons. The van der Waals surface area contributed by atoms with Gasteiger partial charge in [0.25, 0.3) is 0 Å². The molecule has 13 heteroatoms. The summed E-state index contributed by atoms with van der Waals surface area (Å²) in [4.78, 5) is 30.5. The molecule has 0 unspecified atom stereocenters. The number of fused-ring (bicyclic) bond motifs is 2. The summed E-state index contributed by atoms with van der Waals surface area (Å²) in [5.74, 6) is 0.0598. The van der Waals surface area contributed by atoms with Crippen LogP contribution in [0.2, 0.25) is 5.02 Å². The lowest BCUT2D eigenvalue weighted by molar-refractivity contribution is -0.128. The average Bonchev–Trinajstić information content (AvgIpc) is 3.73. The van der Waals surface area contributed by atoms with Gasteiger partial charge in [0, 0.05) is 62.3 Å². The highest BCUT2D eigenvalue weighted by atomic mass is 35.5. The number of aromatic amines is 1. The average molecular weight is 594 g/mol. The van der Waals surface area contributed by atoms with Gasteiger partial charge in [-0.2, -0.15) is 20.3 Å². The lowest BCUT2D eigenvalue weighted by atomic mass is 10.1. The zero-order valence-corrected chi connectivity index (χ0v) is 24.3. The first-order chi connectivity index (χ1) is 20.4. The molecule has 0 bridgehead atoms. The largest absolute Gasteiger partial charge is 0.462 e. The molecule has 3 aliphatic heterocycles. The van der Waals surface area contributed by atoms with E-state index < -0.39 is 5.82 Å². The Kier molecular flexibility index (Phi) is 7.98. The van der Waals surface area contributed by atoms with E-state index in [-0.39, 0.29) is 23.4 Å². The second kappa shape index (κ2) is 11.8. The van der Waals surface area contributed by atoms with E-state index in [1.807, 2.05) is 0 Å². The van der Waals surface area contributed by atoms with E-state index in [2.05, 4.69) is 44.6 Å². The molecule has 11 nitrogen and oxygen atoms in total. The maximum Gasteiger partial charge on any atom is 0.318 e. The van der Waals surface area contributed by atoms with E-state index in [0.717, 1.165) is 41.8 Å². The van der Waals surface area contributed by atoms with Crippen LogP contribution in [0.1, 0.15) is 36.1 Å². The summed E-state index contributed by atoms with van der Waals surface area (Å²) >= 11 is 6.44. The third-order valence-electron chi connectivity index (χ3n) is 8.57. The zero-order chi connectivity index (χ0) is 29.4. The van der Waals surface area contributed by atoms with Crippen LogP contribution in [0, 0.1) is 17.1 Å². The van der Waals surface area contributed by atoms with Crippen molar-refractivity contribution in [2.24, 2.45) is 0 Å². The second-order valence-corrected chi connectivity index (χ2v) is 11.5. The Bertz CT molecular complexity index is 1560. The van der Waals surface area contributed by atoms with Crippen molar-refractivity contribution in [1.29, 1.82) is 5.26 Å². The number of carbonyl (C=O) groups is 1. The number of nitrogens with one attached hydrogen (secondary N) is 1. The summed E-state index contributed by atoms with van der Waals surface area (Å²) in [6, 6.07) is 3.90. The predicted octanol–water partition coefficient (Wildman–Crippen LogP) is 3.25. The molecule has 2 fully saturated rings. The molecule has 0 spiro atoms. The Balaban J connectivity index is 1.30. The summed E-state index contributed by atoms with van der Waals surface area (Å²) in [7, 11) is 2.10. The van der Waals surface area contributed by atoms with Gasteiger partial charge in [-0.3, -0.25) is 14.8 Å². The van der Waals surface area contributed by atoms with Crippen LogP contribution >= 0.6 is 11.6 Å². The number of ether oxygens (including phenoxy) is 1. The van der Waals surface area contributed by atoms with E-state index in [1.54, 1.807) is 11.1 Å². The third-order valence-corrected chi connectivity index (χ3v) is 8.98. The van der Waals surface area contributed by atoms with Crippen LogP contribution in [0.15, 0.2) is 24.9 Å². The maximum atomic E-state index is 14.6. The number of H-pyrrole nitrogens is 1. The Morgan fingerprint density at radius 2 is 2.17 bits per heavy atom. The van der Waals surface area contributed by atoms with Crippen LogP contribution in [-0.2, 0) is 24.4 Å². The number of likely N-dealkylation sites (tertiary alicyclic amines) is 1. The molecule has 3 aromatic rings. The normalized spacial score (nSPS) is 21.1. The molecule has 1 aromatic carbocycles. The molecular weight excluding hydrogens is 561 g/mol. The molecule has 6 rings (SSSR count). The van der Waals surface area contributed by atoms with Gasteiger partial charge in [0.15, 0.2) is 0 Å². The fraction of sp³-hybridized carbons (Fsp3) is 0.483. The van der Waals surface area contributed by atoms with Gasteiger partial charge < -0.3 is 19.4 Å². The summed E-state index contributed by atoms with van der Waals surface area (Å²) in [5.41, 5.74) is 3.05. The van der Waals surface area contributed by atoms with Crippen molar-refractivity contribution < 1.29 is 13.9 Å². The van der Waals surface area contributed by atoms with E-state index in [4.69, 9.17) is 26.3 Å². The first-order valence-electron chi connectivity index (χ1n) is 14.2. The molecule has 2 atom stereocenters. The number of carbonyl (C=O) groups excluding carboxylic acids is 1. The highest BCUT2D eigenvalue weighted by Crippen LogP contribution is 2.36. The van der Waals surface area contributed by atoms with Gasteiger partial charge in [-0.1, -0.05) is 18.2 Å². The number of hydrogen-bond acceptors (Lipinski definition) is 9. The van der Waals surface area contributed by atoms with Crippen LogP contribution < -0.4 is 9.64 Å². The number of piperazine rings is 1. The van der Waals surface area contributed by atoms with Crippen LogP contribution in [0.5, 0.6) is 6.01 Å². The Morgan fingerprint density at radius 3 is 2.93 bits per heavy atom. The number of halogens is 2. The standard InChI is InChI=1S/C29H33ClFN9O2/c1-3-26(41)40-10-9-39(13-18(40)6-7-32)28-22-15-38(14-21-20-12-33-36-24(20)11-23(31)27(21)30)16-25(22)34-29(35-28)42-17-19-5-4-8-37(19)2/h3,11-12,18-19H,1,4-6,8-10,13-17H2,2H3,(H,33,36)/t18-,19-/m0/s1. The molecule has 5 heterocycles. The third kappa shape index (κ3) is 5.40. The first-order valence-corrected chi connectivity index (χ1v) is 14.5. The molecule has 42 heavy (non-hydrogen) atoms. The van der Waals surface area contributed by atoms with Gasteiger partial charge in [-0.05, 0) is 38.1 Å². The summed E-state index contributed by atoms with van der Waals surface area (Å²) < 4.78 is 20.8. The number of amides is 1. The second-order valence-electron chi connectivity index (χ2n) is 11.2. The molecule has 2 saturated heterocycles. The van der Waals surface area contributed by atoms with Crippen molar-refractivity contribution >= 4 is 34.2 Å². The topological polar surface area (TPSA) is 118 Å². The molecular formula is C29H33ClFN9O2. The zero-order valence-electron chi connectivity index (χ0n) is 23.5. The van der Waals surface area contributed by atoms with Crippen molar-refractivity contribution in [3.05, 3.63) is 52.6 Å². The van der Waals surface area contributed by atoms with E-state index in [0.29, 0.717) is 69.0 Å². The van der Waals surface area contributed by atoms with E-state index in [1.165, 1.54) is 12.1 Å². The monoisotopic (exact) mass is 593 g/mol. The van der Waals surface area contributed by atoms with Gasteiger partial charge >= 0.3 is 6.01 Å². The van der Waals surface area contributed by atoms with E-state index in [9.17, 15) is 14.4 Å². The van der Waals surface area contributed by atoms with Crippen molar-refractivity contribution in [3.63, 3.8) is 0 Å². The van der Waals surface area contributed by atoms with Gasteiger partial charge in [-0.15, -0.1) is 0 Å². The molecule has 0 saturated carbocycles.